The van der Waals surface area contributed by atoms with Crippen LogP contribution in [0.25, 0.3) is 0 Å². The van der Waals surface area contributed by atoms with E-state index < -0.39 is 5.97 Å². The second-order valence-electron chi connectivity index (χ2n) is 6.06. The zero-order chi connectivity index (χ0) is 19.8. The van der Waals surface area contributed by atoms with E-state index in [9.17, 15) is 4.79 Å². The lowest BCUT2D eigenvalue weighted by Gasteiger charge is -2.13. The van der Waals surface area contributed by atoms with E-state index in [0.29, 0.717) is 30.3 Å². The molecule has 0 aliphatic heterocycles. The molecule has 0 saturated carbocycles. The molecule has 0 bridgehead atoms. The average molecular weight is 378 g/mol. The van der Waals surface area contributed by atoms with Crippen molar-refractivity contribution < 1.29 is 23.7 Å². The lowest BCUT2D eigenvalue weighted by atomic mass is 10.2. The number of hydrogen-bond acceptors (Lipinski definition) is 5. The largest absolute Gasteiger partial charge is 0.497 e. The topological polar surface area (TPSA) is 54.0 Å². The molecule has 0 saturated heterocycles. The fourth-order valence-electron chi connectivity index (χ4n) is 2.61. The van der Waals surface area contributed by atoms with Crippen LogP contribution in [0.15, 0.2) is 72.8 Å². The second-order valence-corrected chi connectivity index (χ2v) is 6.06. The summed E-state index contributed by atoms with van der Waals surface area (Å²) in [6.07, 6.45) is 0. The van der Waals surface area contributed by atoms with Crippen LogP contribution in [0.5, 0.6) is 17.2 Å². The van der Waals surface area contributed by atoms with Gasteiger partial charge >= 0.3 is 5.97 Å². The summed E-state index contributed by atoms with van der Waals surface area (Å²) in [5, 5.41) is 0. The molecule has 0 N–H and O–H groups in total. The lowest BCUT2D eigenvalue weighted by Crippen LogP contribution is -2.06. The fourth-order valence-corrected chi connectivity index (χ4v) is 2.61. The number of rotatable bonds is 8. The molecule has 144 valence electrons. The normalized spacial score (nSPS) is 10.2. The molecule has 0 aromatic heterocycles. The summed E-state index contributed by atoms with van der Waals surface area (Å²) in [5.41, 5.74) is 2.36. The van der Waals surface area contributed by atoms with E-state index in [4.69, 9.17) is 18.9 Å². The molecule has 28 heavy (non-hydrogen) atoms. The zero-order valence-electron chi connectivity index (χ0n) is 15.9. The molecule has 3 aromatic rings. The minimum atomic E-state index is -0.459. The van der Waals surface area contributed by atoms with E-state index in [-0.39, 0.29) is 0 Å². The van der Waals surface area contributed by atoms with E-state index in [1.165, 1.54) is 7.11 Å². The van der Waals surface area contributed by atoms with Gasteiger partial charge in [0.15, 0.2) is 0 Å². The summed E-state index contributed by atoms with van der Waals surface area (Å²) in [7, 11) is 2.96. The van der Waals surface area contributed by atoms with Crippen LogP contribution < -0.4 is 14.2 Å². The third-order valence-corrected chi connectivity index (χ3v) is 4.16. The first-order valence-electron chi connectivity index (χ1n) is 8.84. The van der Waals surface area contributed by atoms with Gasteiger partial charge in [0.05, 0.1) is 14.2 Å². The van der Waals surface area contributed by atoms with Gasteiger partial charge in [-0.05, 0) is 35.4 Å². The number of benzene rings is 3. The maximum atomic E-state index is 12.1. The predicted octanol–water partition coefficient (Wildman–Crippen LogP) is 4.64. The van der Waals surface area contributed by atoms with E-state index in [2.05, 4.69) is 0 Å². The Hall–Kier alpha value is -3.47. The molecule has 3 rings (SSSR count). The summed E-state index contributed by atoms with van der Waals surface area (Å²) in [6, 6.07) is 22.5. The Morgan fingerprint density at radius 3 is 2.07 bits per heavy atom. The second kappa shape index (κ2) is 9.46. The van der Waals surface area contributed by atoms with Crippen molar-refractivity contribution in [3.63, 3.8) is 0 Å². The Kier molecular flexibility index (Phi) is 6.52. The zero-order valence-corrected chi connectivity index (χ0v) is 15.9. The molecule has 0 fully saturated rings. The SMILES string of the molecule is COC(=O)c1ccc(OCc2ccccc2)cc1OCc1ccc(OC)cc1. The smallest absolute Gasteiger partial charge is 0.341 e. The molecular formula is C23H22O5. The van der Waals surface area contributed by atoms with Gasteiger partial charge in [0.1, 0.15) is 36.0 Å². The van der Waals surface area contributed by atoms with E-state index >= 15 is 0 Å². The molecule has 5 nitrogen and oxygen atoms in total. The van der Waals surface area contributed by atoms with Crippen LogP contribution in [0.2, 0.25) is 0 Å². The van der Waals surface area contributed by atoms with Crippen molar-refractivity contribution in [2.24, 2.45) is 0 Å². The van der Waals surface area contributed by atoms with Crippen LogP contribution in [0.4, 0.5) is 0 Å². The van der Waals surface area contributed by atoms with Crippen molar-refractivity contribution in [3.05, 3.63) is 89.5 Å². The molecule has 0 radical (unpaired) electrons. The lowest BCUT2D eigenvalue weighted by molar-refractivity contribution is 0.0595. The summed E-state index contributed by atoms with van der Waals surface area (Å²) >= 11 is 0. The minimum Gasteiger partial charge on any atom is -0.497 e. The summed E-state index contributed by atoms with van der Waals surface area (Å²) in [5.74, 6) is 1.34. The number of hydrogen-bond donors (Lipinski definition) is 0. The third kappa shape index (κ3) is 5.04. The van der Waals surface area contributed by atoms with Gasteiger partial charge in [-0.3, -0.25) is 0 Å². The summed E-state index contributed by atoms with van der Waals surface area (Å²) in [4.78, 5) is 12.1. The van der Waals surface area contributed by atoms with Crippen LogP contribution in [0.1, 0.15) is 21.5 Å². The van der Waals surface area contributed by atoms with Crippen molar-refractivity contribution in [1.82, 2.24) is 0 Å². The Balaban J connectivity index is 1.74. The maximum Gasteiger partial charge on any atom is 0.341 e. The molecule has 3 aromatic carbocycles. The van der Waals surface area contributed by atoms with Crippen LogP contribution in [-0.4, -0.2) is 20.2 Å². The Morgan fingerprint density at radius 1 is 0.750 bits per heavy atom. The van der Waals surface area contributed by atoms with Gasteiger partial charge in [-0.1, -0.05) is 42.5 Å². The average Bonchev–Trinajstić information content (AvgIpc) is 2.76. The van der Waals surface area contributed by atoms with E-state index in [0.717, 1.165) is 16.9 Å². The molecule has 0 spiro atoms. The van der Waals surface area contributed by atoms with Crippen LogP contribution in [-0.2, 0) is 18.0 Å². The van der Waals surface area contributed by atoms with Crippen molar-refractivity contribution in [2.45, 2.75) is 13.2 Å². The number of methoxy groups -OCH3 is 2. The molecular weight excluding hydrogens is 356 g/mol. The molecule has 0 unspecified atom stereocenters. The third-order valence-electron chi connectivity index (χ3n) is 4.16. The van der Waals surface area contributed by atoms with Gasteiger partial charge in [0, 0.05) is 6.07 Å². The number of ether oxygens (including phenoxy) is 4. The van der Waals surface area contributed by atoms with Crippen LogP contribution in [0, 0.1) is 0 Å². The van der Waals surface area contributed by atoms with E-state index in [1.807, 2.05) is 54.6 Å². The van der Waals surface area contributed by atoms with Crippen molar-refractivity contribution in [2.75, 3.05) is 14.2 Å². The number of carbonyl (C=O) groups excluding carboxylic acids is 1. The highest BCUT2D eigenvalue weighted by molar-refractivity contribution is 5.92. The highest BCUT2D eigenvalue weighted by atomic mass is 16.5. The molecule has 0 heterocycles. The first-order valence-corrected chi connectivity index (χ1v) is 8.84. The Labute approximate surface area is 164 Å². The van der Waals surface area contributed by atoms with Gasteiger partial charge in [0.2, 0.25) is 0 Å². The Morgan fingerprint density at radius 2 is 1.39 bits per heavy atom. The van der Waals surface area contributed by atoms with Crippen LogP contribution in [0.3, 0.4) is 0 Å². The Bertz CT molecular complexity index is 904. The molecule has 0 amide bonds. The first kappa shape index (κ1) is 19.3. The highest BCUT2D eigenvalue weighted by Gasteiger charge is 2.15. The summed E-state index contributed by atoms with van der Waals surface area (Å²) in [6.45, 7) is 0.729. The minimum absolute atomic E-state index is 0.302. The van der Waals surface area contributed by atoms with Gasteiger partial charge in [-0.25, -0.2) is 4.79 Å². The van der Waals surface area contributed by atoms with Gasteiger partial charge in [0.25, 0.3) is 0 Å². The standard InChI is InChI=1S/C23H22O5/c1-25-19-10-8-18(9-11-19)16-28-22-14-20(12-13-21(22)23(24)26-2)27-15-17-6-4-3-5-7-17/h3-14H,15-16H2,1-2H3. The molecule has 0 aliphatic rings. The number of carbonyl (C=O) groups is 1. The predicted molar refractivity (Wildman–Crippen MR) is 106 cm³/mol. The van der Waals surface area contributed by atoms with Crippen molar-refractivity contribution in [3.8, 4) is 17.2 Å². The molecule has 0 aliphatic carbocycles. The van der Waals surface area contributed by atoms with Gasteiger partial charge < -0.3 is 18.9 Å². The van der Waals surface area contributed by atoms with Crippen LogP contribution >= 0.6 is 0 Å². The molecule has 0 atom stereocenters. The number of esters is 1. The fraction of sp³-hybridized carbons (Fsp3) is 0.174. The van der Waals surface area contributed by atoms with E-state index in [1.54, 1.807) is 25.3 Å². The summed E-state index contributed by atoms with van der Waals surface area (Å²) < 4.78 is 21.7. The monoisotopic (exact) mass is 378 g/mol. The quantitative estimate of drug-likeness (QED) is 0.535. The maximum absolute atomic E-state index is 12.1. The highest BCUT2D eigenvalue weighted by Crippen LogP contribution is 2.27. The molecule has 5 heteroatoms. The van der Waals surface area contributed by atoms with Crippen molar-refractivity contribution >= 4 is 5.97 Å². The first-order chi connectivity index (χ1) is 13.7. The van der Waals surface area contributed by atoms with Gasteiger partial charge in [-0.15, -0.1) is 0 Å². The van der Waals surface area contributed by atoms with Crippen molar-refractivity contribution in [1.29, 1.82) is 0 Å². The van der Waals surface area contributed by atoms with Gasteiger partial charge in [-0.2, -0.15) is 0 Å².